The van der Waals surface area contributed by atoms with Crippen LogP contribution in [0.2, 0.25) is 0 Å². The monoisotopic (exact) mass is 330 g/mol. The van der Waals surface area contributed by atoms with Gasteiger partial charge in [0.15, 0.2) is 6.61 Å². The Morgan fingerprint density at radius 3 is 2.50 bits per heavy atom. The molecule has 24 heavy (non-hydrogen) atoms. The molecule has 0 saturated heterocycles. The molecular formula is C18H22N2O4. The number of rotatable bonds is 7. The van der Waals surface area contributed by atoms with Crippen LogP contribution >= 0.6 is 0 Å². The molecule has 0 aromatic heterocycles. The molecule has 2 amide bonds. The van der Waals surface area contributed by atoms with Gasteiger partial charge in [-0.1, -0.05) is 30.3 Å². The van der Waals surface area contributed by atoms with Gasteiger partial charge in [0, 0.05) is 13.0 Å². The number of benzene rings is 1. The Bertz CT molecular complexity index is 636. The fraction of sp³-hybridized carbons (Fsp3) is 0.389. The van der Waals surface area contributed by atoms with Gasteiger partial charge in [-0.3, -0.25) is 9.59 Å². The van der Waals surface area contributed by atoms with E-state index in [0.29, 0.717) is 5.92 Å². The minimum atomic E-state index is -0.747. The standard InChI is InChI=1S/C18H22N2O4/c1-12(15-8-9-15)19-17(22)11-24-18(23)16(20-13(2)21)10-14-6-4-3-5-7-14/h3-7,10,12,15H,8-9,11H2,1-2H3,(H,19,22)(H,20,21)/b16-10-/t12-/m1/s1. The van der Waals surface area contributed by atoms with Crippen molar-refractivity contribution in [2.45, 2.75) is 32.7 Å². The molecule has 2 rings (SSSR count). The van der Waals surface area contributed by atoms with E-state index in [1.807, 2.05) is 25.1 Å². The van der Waals surface area contributed by atoms with Crippen molar-refractivity contribution in [1.82, 2.24) is 10.6 Å². The van der Waals surface area contributed by atoms with Crippen LogP contribution in [0.3, 0.4) is 0 Å². The third kappa shape index (κ3) is 5.87. The second-order valence-corrected chi connectivity index (χ2v) is 5.92. The molecular weight excluding hydrogens is 308 g/mol. The zero-order valence-corrected chi connectivity index (χ0v) is 13.9. The van der Waals surface area contributed by atoms with Gasteiger partial charge in [0.25, 0.3) is 5.91 Å². The van der Waals surface area contributed by atoms with Gasteiger partial charge in [-0.15, -0.1) is 0 Å². The lowest BCUT2D eigenvalue weighted by molar-refractivity contribution is -0.145. The van der Waals surface area contributed by atoms with Crippen molar-refractivity contribution >= 4 is 23.9 Å². The van der Waals surface area contributed by atoms with Gasteiger partial charge in [-0.25, -0.2) is 4.79 Å². The minimum absolute atomic E-state index is 0.00302. The van der Waals surface area contributed by atoms with Crippen molar-refractivity contribution in [2.75, 3.05) is 6.61 Å². The normalized spacial score (nSPS) is 15.3. The summed E-state index contributed by atoms with van der Waals surface area (Å²) in [5.41, 5.74) is 0.738. The number of carbonyl (C=O) groups is 3. The van der Waals surface area contributed by atoms with Crippen LogP contribution in [-0.4, -0.2) is 30.4 Å². The van der Waals surface area contributed by atoms with E-state index in [4.69, 9.17) is 4.74 Å². The second-order valence-electron chi connectivity index (χ2n) is 5.92. The predicted molar refractivity (Wildman–Crippen MR) is 89.5 cm³/mol. The molecule has 6 nitrogen and oxygen atoms in total. The van der Waals surface area contributed by atoms with Gasteiger partial charge in [-0.05, 0) is 37.3 Å². The van der Waals surface area contributed by atoms with Crippen LogP contribution < -0.4 is 10.6 Å². The molecule has 1 aliphatic carbocycles. The molecule has 0 heterocycles. The number of nitrogens with one attached hydrogen (secondary N) is 2. The summed E-state index contributed by atoms with van der Waals surface area (Å²) in [7, 11) is 0. The Balaban J connectivity index is 1.93. The van der Waals surface area contributed by atoms with Crippen molar-refractivity contribution in [2.24, 2.45) is 5.92 Å². The summed E-state index contributed by atoms with van der Waals surface area (Å²) in [4.78, 5) is 35.2. The highest BCUT2D eigenvalue weighted by atomic mass is 16.5. The number of hydrogen-bond acceptors (Lipinski definition) is 4. The van der Waals surface area contributed by atoms with Gasteiger partial charge < -0.3 is 15.4 Å². The van der Waals surface area contributed by atoms with Crippen LogP contribution in [0.15, 0.2) is 36.0 Å². The Morgan fingerprint density at radius 1 is 1.25 bits per heavy atom. The summed E-state index contributed by atoms with van der Waals surface area (Å²) in [5, 5.41) is 5.24. The molecule has 0 spiro atoms. The zero-order chi connectivity index (χ0) is 17.5. The van der Waals surface area contributed by atoms with Gasteiger partial charge in [0.1, 0.15) is 5.70 Å². The predicted octanol–water partition coefficient (Wildman–Crippen LogP) is 1.62. The number of carbonyl (C=O) groups excluding carboxylic acids is 3. The molecule has 128 valence electrons. The lowest BCUT2D eigenvalue weighted by Gasteiger charge is -2.13. The van der Waals surface area contributed by atoms with E-state index in [1.165, 1.54) is 13.0 Å². The van der Waals surface area contributed by atoms with Gasteiger partial charge >= 0.3 is 5.97 Å². The van der Waals surface area contributed by atoms with Crippen LogP contribution in [0.25, 0.3) is 6.08 Å². The molecule has 1 saturated carbocycles. The summed E-state index contributed by atoms with van der Waals surface area (Å²) in [5.74, 6) is -0.952. The maximum atomic E-state index is 12.1. The van der Waals surface area contributed by atoms with Crippen molar-refractivity contribution in [3.63, 3.8) is 0 Å². The van der Waals surface area contributed by atoms with E-state index >= 15 is 0 Å². The molecule has 1 aliphatic rings. The minimum Gasteiger partial charge on any atom is -0.451 e. The lowest BCUT2D eigenvalue weighted by Crippen LogP contribution is -2.37. The largest absolute Gasteiger partial charge is 0.451 e. The van der Waals surface area contributed by atoms with Crippen LogP contribution in [0.1, 0.15) is 32.3 Å². The molecule has 0 aliphatic heterocycles. The smallest absolute Gasteiger partial charge is 0.355 e. The fourth-order valence-electron chi connectivity index (χ4n) is 2.27. The summed E-state index contributed by atoms with van der Waals surface area (Å²) in [6.07, 6.45) is 3.75. The number of hydrogen-bond donors (Lipinski definition) is 2. The molecule has 1 aromatic carbocycles. The van der Waals surface area contributed by atoms with E-state index in [-0.39, 0.29) is 30.2 Å². The van der Waals surface area contributed by atoms with Gasteiger partial charge in [0.2, 0.25) is 5.91 Å². The Hall–Kier alpha value is -2.63. The Labute approximate surface area is 141 Å². The topological polar surface area (TPSA) is 84.5 Å². The molecule has 1 fully saturated rings. The molecule has 1 aromatic rings. The first kappa shape index (κ1) is 17.7. The maximum Gasteiger partial charge on any atom is 0.355 e. The summed E-state index contributed by atoms with van der Waals surface area (Å²) in [6.45, 7) is 2.87. The van der Waals surface area contributed by atoms with Gasteiger partial charge in [-0.2, -0.15) is 0 Å². The van der Waals surface area contributed by atoms with Gasteiger partial charge in [0.05, 0.1) is 0 Å². The van der Waals surface area contributed by atoms with E-state index in [1.54, 1.807) is 12.1 Å². The number of amides is 2. The van der Waals surface area contributed by atoms with Crippen LogP contribution in [0.4, 0.5) is 0 Å². The van der Waals surface area contributed by atoms with E-state index in [2.05, 4.69) is 10.6 Å². The Kier molecular flexibility index (Phi) is 6.12. The molecule has 0 unspecified atom stereocenters. The van der Waals surface area contributed by atoms with Crippen molar-refractivity contribution < 1.29 is 19.1 Å². The Morgan fingerprint density at radius 2 is 1.92 bits per heavy atom. The first-order valence-electron chi connectivity index (χ1n) is 7.96. The molecule has 6 heteroatoms. The van der Waals surface area contributed by atoms with Crippen molar-refractivity contribution in [1.29, 1.82) is 0 Å². The quantitative estimate of drug-likeness (QED) is 0.588. The third-order valence-electron chi connectivity index (χ3n) is 3.69. The molecule has 0 bridgehead atoms. The summed E-state index contributed by atoms with van der Waals surface area (Å²) < 4.78 is 5.01. The summed E-state index contributed by atoms with van der Waals surface area (Å²) >= 11 is 0. The first-order valence-corrected chi connectivity index (χ1v) is 7.96. The van der Waals surface area contributed by atoms with Crippen molar-refractivity contribution in [3.05, 3.63) is 41.6 Å². The molecule has 0 radical (unpaired) electrons. The maximum absolute atomic E-state index is 12.1. The average molecular weight is 330 g/mol. The van der Waals surface area contributed by atoms with E-state index in [9.17, 15) is 14.4 Å². The summed E-state index contributed by atoms with van der Waals surface area (Å²) in [6, 6.07) is 9.15. The fourth-order valence-corrected chi connectivity index (χ4v) is 2.27. The average Bonchev–Trinajstić information content (AvgIpc) is 3.37. The van der Waals surface area contributed by atoms with E-state index < -0.39 is 5.97 Å². The SMILES string of the molecule is CC(=O)N/C(=C\c1ccccc1)C(=O)OCC(=O)N[C@H](C)C1CC1. The number of ether oxygens (including phenoxy) is 1. The zero-order valence-electron chi connectivity index (χ0n) is 13.9. The first-order chi connectivity index (χ1) is 11.5. The molecule has 1 atom stereocenters. The highest BCUT2D eigenvalue weighted by molar-refractivity contribution is 5.98. The third-order valence-corrected chi connectivity index (χ3v) is 3.69. The van der Waals surface area contributed by atoms with Crippen LogP contribution in [-0.2, 0) is 19.1 Å². The number of esters is 1. The second kappa shape index (κ2) is 8.29. The highest BCUT2D eigenvalue weighted by Crippen LogP contribution is 2.32. The van der Waals surface area contributed by atoms with E-state index in [0.717, 1.165) is 18.4 Å². The van der Waals surface area contributed by atoms with Crippen molar-refractivity contribution in [3.8, 4) is 0 Å². The lowest BCUT2D eigenvalue weighted by atomic mass is 10.2. The van der Waals surface area contributed by atoms with Crippen LogP contribution in [0, 0.1) is 5.92 Å². The van der Waals surface area contributed by atoms with Crippen LogP contribution in [0.5, 0.6) is 0 Å². The highest BCUT2D eigenvalue weighted by Gasteiger charge is 2.29. The molecule has 2 N–H and O–H groups in total.